The molecule has 0 spiro atoms. The number of urea groups is 1. The van der Waals surface area contributed by atoms with Crippen molar-refractivity contribution in [2.24, 2.45) is 0 Å². The molecule has 0 aliphatic heterocycles. The van der Waals surface area contributed by atoms with E-state index in [0.29, 0.717) is 23.0 Å². The predicted molar refractivity (Wildman–Crippen MR) is 91.6 cm³/mol. The van der Waals surface area contributed by atoms with Crippen LogP contribution in [0.2, 0.25) is 0 Å². The van der Waals surface area contributed by atoms with Gasteiger partial charge in [0.2, 0.25) is 5.91 Å². The molecule has 1 saturated carbocycles. The molecule has 0 unspecified atom stereocenters. The average molecular weight is 344 g/mol. The molecule has 3 amide bonds. The van der Waals surface area contributed by atoms with E-state index in [1.165, 1.54) is 4.90 Å². The summed E-state index contributed by atoms with van der Waals surface area (Å²) >= 11 is 0. The Hall–Kier alpha value is -3.03. The van der Waals surface area contributed by atoms with Crippen LogP contribution in [0.3, 0.4) is 0 Å². The number of benzene rings is 1. The lowest BCUT2D eigenvalue weighted by molar-refractivity contribution is -0.116. The first-order valence-electron chi connectivity index (χ1n) is 8.00. The van der Waals surface area contributed by atoms with E-state index in [1.807, 2.05) is 0 Å². The third-order valence-electron chi connectivity index (χ3n) is 3.78. The minimum Gasteiger partial charge on any atom is -0.497 e. The lowest BCUT2D eigenvalue weighted by atomic mass is 10.3. The van der Waals surface area contributed by atoms with Gasteiger partial charge in [0, 0.05) is 23.9 Å². The fraction of sp³-hybridized carbons (Fsp3) is 0.353. The molecule has 0 radical (unpaired) electrons. The average Bonchev–Trinajstić information content (AvgIpc) is 3.35. The molecule has 132 valence electrons. The van der Waals surface area contributed by atoms with Crippen molar-refractivity contribution in [3.05, 3.63) is 36.1 Å². The molecule has 0 atom stereocenters. The van der Waals surface area contributed by atoms with Gasteiger partial charge in [-0.3, -0.25) is 4.79 Å². The number of carbonyl (C=O) groups is 2. The maximum absolute atomic E-state index is 12.5. The number of ether oxygens (including phenoxy) is 1. The highest BCUT2D eigenvalue weighted by Gasteiger charge is 2.34. The summed E-state index contributed by atoms with van der Waals surface area (Å²) in [4.78, 5) is 26.3. The summed E-state index contributed by atoms with van der Waals surface area (Å²) in [5.74, 6) is 1.27. The third-order valence-corrected chi connectivity index (χ3v) is 3.78. The van der Waals surface area contributed by atoms with Gasteiger partial charge in [-0.1, -0.05) is 11.2 Å². The van der Waals surface area contributed by atoms with Crippen LogP contribution < -0.4 is 15.4 Å². The molecule has 1 aromatic carbocycles. The largest absolute Gasteiger partial charge is 0.497 e. The van der Waals surface area contributed by atoms with Gasteiger partial charge in [-0.15, -0.1) is 0 Å². The molecular weight excluding hydrogens is 324 g/mol. The van der Waals surface area contributed by atoms with Gasteiger partial charge in [0.15, 0.2) is 5.82 Å². The number of methoxy groups -OCH3 is 1. The van der Waals surface area contributed by atoms with E-state index < -0.39 is 0 Å². The van der Waals surface area contributed by atoms with Crippen LogP contribution in [0.25, 0.3) is 0 Å². The number of nitrogens with one attached hydrogen (secondary N) is 2. The van der Waals surface area contributed by atoms with E-state index in [9.17, 15) is 9.59 Å². The number of aromatic nitrogens is 1. The number of nitrogens with zero attached hydrogens (tertiary/aromatic N) is 2. The summed E-state index contributed by atoms with van der Waals surface area (Å²) in [6, 6.07) is 8.45. The molecular formula is C17H20N4O4. The van der Waals surface area contributed by atoms with Crippen molar-refractivity contribution in [3.8, 4) is 5.75 Å². The van der Waals surface area contributed by atoms with E-state index in [2.05, 4.69) is 15.8 Å². The number of rotatable bonds is 6. The lowest BCUT2D eigenvalue weighted by Gasteiger charge is -2.22. The highest BCUT2D eigenvalue weighted by atomic mass is 16.5. The minimum absolute atomic E-state index is 0.0492. The van der Waals surface area contributed by atoms with Crippen LogP contribution in [0.15, 0.2) is 34.9 Å². The predicted octanol–water partition coefficient (Wildman–Crippen LogP) is 2.63. The summed E-state index contributed by atoms with van der Waals surface area (Å²) < 4.78 is 10.1. The Bertz CT molecular complexity index is 770. The van der Waals surface area contributed by atoms with E-state index in [1.54, 1.807) is 44.4 Å². The number of aryl methyl sites for hydroxylation is 1. The van der Waals surface area contributed by atoms with Gasteiger partial charge in [-0.05, 0) is 31.9 Å². The van der Waals surface area contributed by atoms with Crippen LogP contribution >= 0.6 is 0 Å². The molecule has 1 aliphatic carbocycles. The second kappa shape index (κ2) is 7.25. The van der Waals surface area contributed by atoms with E-state index in [4.69, 9.17) is 9.26 Å². The maximum atomic E-state index is 12.5. The number of hydrogen-bond donors (Lipinski definition) is 2. The van der Waals surface area contributed by atoms with Gasteiger partial charge in [-0.2, -0.15) is 0 Å². The molecule has 2 N–H and O–H groups in total. The molecule has 1 aliphatic rings. The van der Waals surface area contributed by atoms with Crippen molar-refractivity contribution in [1.82, 2.24) is 10.1 Å². The molecule has 0 bridgehead atoms. The van der Waals surface area contributed by atoms with E-state index in [-0.39, 0.29) is 24.5 Å². The van der Waals surface area contributed by atoms with Gasteiger partial charge >= 0.3 is 6.03 Å². The highest BCUT2D eigenvalue weighted by molar-refractivity contribution is 5.96. The summed E-state index contributed by atoms with van der Waals surface area (Å²) in [5.41, 5.74) is 0.613. The molecule has 0 saturated heterocycles. The fourth-order valence-corrected chi connectivity index (χ4v) is 2.41. The molecule has 2 aromatic rings. The Morgan fingerprint density at radius 3 is 2.76 bits per heavy atom. The Labute approximate surface area is 145 Å². The van der Waals surface area contributed by atoms with Crippen LogP contribution in [0.1, 0.15) is 18.6 Å². The Morgan fingerprint density at radius 2 is 2.12 bits per heavy atom. The van der Waals surface area contributed by atoms with Crippen molar-refractivity contribution in [2.45, 2.75) is 25.8 Å². The van der Waals surface area contributed by atoms with Crippen LogP contribution in [0.5, 0.6) is 5.75 Å². The molecule has 3 rings (SSSR count). The van der Waals surface area contributed by atoms with Crippen molar-refractivity contribution in [3.63, 3.8) is 0 Å². The van der Waals surface area contributed by atoms with Gasteiger partial charge in [0.25, 0.3) is 0 Å². The van der Waals surface area contributed by atoms with E-state index >= 15 is 0 Å². The number of carbonyl (C=O) groups excluding carboxylic acids is 2. The van der Waals surface area contributed by atoms with Crippen LogP contribution in [-0.4, -0.2) is 41.7 Å². The fourth-order valence-electron chi connectivity index (χ4n) is 2.41. The zero-order chi connectivity index (χ0) is 17.8. The standard InChI is InChI=1S/C17H20N4O4/c1-11-8-15(20-25-11)19-16(22)10-21(13-6-7-13)17(23)18-12-4-3-5-14(9-12)24-2/h3-5,8-9,13H,6-7,10H2,1-2H3,(H,18,23)(H,19,20,22). The highest BCUT2D eigenvalue weighted by Crippen LogP contribution is 2.28. The summed E-state index contributed by atoms with van der Waals surface area (Å²) in [7, 11) is 1.56. The molecule has 1 heterocycles. The third kappa shape index (κ3) is 4.50. The zero-order valence-electron chi connectivity index (χ0n) is 14.1. The SMILES string of the molecule is COc1cccc(NC(=O)N(CC(=O)Nc2cc(C)on2)C2CC2)c1. The summed E-state index contributed by atoms with van der Waals surface area (Å²) in [6.45, 7) is 1.69. The number of hydrogen-bond acceptors (Lipinski definition) is 5. The second-order valence-electron chi connectivity index (χ2n) is 5.89. The Kier molecular flexibility index (Phi) is 4.87. The normalized spacial score (nSPS) is 13.2. The topological polar surface area (TPSA) is 96.7 Å². The number of anilines is 2. The van der Waals surface area contributed by atoms with Crippen molar-refractivity contribution < 1.29 is 18.8 Å². The minimum atomic E-state index is -0.319. The van der Waals surface area contributed by atoms with Gasteiger partial charge in [0.1, 0.15) is 18.1 Å². The lowest BCUT2D eigenvalue weighted by Crippen LogP contribution is -2.42. The zero-order valence-corrected chi connectivity index (χ0v) is 14.1. The monoisotopic (exact) mass is 344 g/mol. The first kappa shape index (κ1) is 16.8. The second-order valence-corrected chi connectivity index (χ2v) is 5.89. The van der Waals surface area contributed by atoms with Crippen LogP contribution in [0.4, 0.5) is 16.3 Å². The van der Waals surface area contributed by atoms with Gasteiger partial charge in [0.05, 0.1) is 7.11 Å². The first-order valence-corrected chi connectivity index (χ1v) is 8.00. The van der Waals surface area contributed by atoms with Gasteiger partial charge < -0.3 is 24.8 Å². The quantitative estimate of drug-likeness (QED) is 0.840. The van der Waals surface area contributed by atoms with Crippen molar-refractivity contribution in [2.75, 3.05) is 24.3 Å². The van der Waals surface area contributed by atoms with Gasteiger partial charge in [-0.25, -0.2) is 4.79 Å². The first-order chi connectivity index (χ1) is 12.0. The van der Waals surface area contributed by atoms with Crippen molar-refractivity contribution in [1.29, 1.82) is 0 Å². The molecule has 8 nitrogen and oxygen atoms in total. The number of amides is 3. The van der Waals surface area contributed by atoms with Crippen LogP contribution in [-0.2, 0) is 4.79 Å². The smallest absolute Gasteiger partial charge is 0.322 e. The molecule has 8 heteroatoms. The van der Waals surface area contributed by atoms with Crippen molar-refractivity contribution >= 4 is 23.4 Å². The molecule has 1 fully saturated rings. The van der Waals surface area contributed by atoms with E-state index in [0.717, 1.165) is 12.8 Å². The molecule has 25 heavy (non-hydrogen) atoms. The summed E-state index contributed by atoms with van der Waals surface area (Å²) in [5, 5.41) is 9.15. The maximum Gasteiger partial charge on any atom is 0.322 e. The molecule has 1 aromatic heterocycles. The Morgan fingerprint density at radius 1 is 1.32 bits per heavy atom. The van der Waals surface area contributed by atoms with Crippen LogP contribution in [0, 0.1) is 6.92 Å². The summed E-state index contributed by atoms with van der Waals surface area (Å²) in [6.07, 6.45) is 1.78. The Balaban J connectivity index is 1.62.